The van der Waals surface area contributed by atoms with Crippen molar-refractivity contribution in [2.24, 2.45) is 0 Å². The molecule has 0 spiro atoms. The van der Waals surface area contributed by atoms with Gasteiger partial charge in [0.1, 0.15) is 5.76 Å². The number of hydrogen-bond donors (Lipinski definition) is 0. The standard InChI is InChI=1S/C10H13F3O/c1-4-9(6-5-8(2)3)14-7-10(11,12)13/h4-6H,1,7H2,2-3H3/b9-6+. The van der Waals surface area contributed by atoms with Gasteiger partial charge in [-0.1, -0.05) is 18.2 Å². The molecule has 0 atom stereocenters. The Labute approximate surface area is 81.6 Å². The summed E-state index contributed by atoms with van der Waals surface area (Å²) in [5, 5.41) is 0. The third kappa shape index (κ3) is 7.46. The zero-order valence-electron chi connectivity index (χ0n) is 8.19. The second-order valence-corrected chi connectivity index (χ2v) is 2.92. The molecule has 0 unspecified atom stereocenters. The lowest BCUT2D eigenvalue weighted by molar-refractivity contribution is -0.163. The molecule has 0 aliphatic carbocycles. The molecule has 0 amide bonds. The average Bonchev–Trinajstić information content (AvgIpc) is 2.02. The summed E-state index contributed by atoms with van der Waals surface area (Å²) in [5.41, 5.74) is 0.972. The Morgan fingerprint density at radius 2 is 1.86 bits per heavy atom. The Balaban J connectivity index is 4.24. The largest absolute Gasteiger partial charge is 0.484 e. The summed E-state index contributed by atoms with van der Waals surface area (Å²) in [7, 11) is 0. The number of hydrogen-bond acceptors (Lipinski definition) is 1. The summed E-state index contributed by atoms with van der Waals surface area (Å²) in [6, 6.07) is 0. The van der Waals surface area contributed by atoms with Gasteiger partial charge in [-0.2, -0.15) is 13.2 Å². The van der Waals surface area contributed by atoms with Gasteiger partial charge < -0.3 is 4.74 Å². The molecule has 4 heteroatoms. The van der Waals surface area contributed by atoms with Crippen LogP contribution in [-0.4, -0.2) is 12.8 Å². The molecule has 0 heterocycles. The van der Waals surface area contributed by atoms with Crippen molar-refractivity contribution in [2.45, 2.75) is 20.0 Å². The maximum Gasteiger partial charge on any atom is 0.422 e. The molecule has 0 aromatic rings. The zero-order valence-corrected chi connectivity index (χ0v) is 8.19. The van der Waals surface area contributed by atoms with Crippen LogP contribution >= 0.6 is 0 Å². The van der Waals surface area contributed by atoms with Gasteiger partial charge in [0.2, 0.25) is 0 Å². The van der Waals surface area contributed by atoms with Gasteiger partial charge in [0.15, 0.2) is 6.61 Å². The van der Waals surface area contributed by atoms with Crippen LogP contribution in [-0.2, 0) is 4.74 Å². The fourth-order valence-corrected chi connectivity index (χ4v) is 0.589. The van der Waals surface area contributed by atoms with Crippen molar-refractivity contribution in [2.75, 3.05) is 6.61 Å². The molecular formula is C10H13F3O. The molecule has 0 rings (SSSR count). The second kappa shape index (κ2) is 5.52. The molecule has 0 saturated carbocycles. The molecular weight excluding hydrogens is 193 g/mol. The lowest BCUT2D eigenvalue weighted by Gasteiger charge is -2.08. The van der Waals surface area contributed by atoms with Gasteiger partial charge in [0.25, 0.3) is 0 Å². The van der Waals surface area contributed by atoms with Crippen molar-refractivity contribution in [3.05, 3.63) is 36.1 Å². The van der Waals surface area contributed by atoms with Crippen LogP contribution in [0, 0.1) is 0 Å². The van der Waals surface area contributed by atoms with E-state index in [9.17, 15) is 13.2 Å². The molecule has 0 aliphatic rings. The van der Waals surface area contributed by atoms with Crippen LogP contribution in [0.3, 0.4) is 0 Å². The number of halogens is 3. The molecule has 0 aliphatic heterocycles. The van der Waals surface area contributed by atoms with Crippen LogP contribution in [0.25, 0.3) is 0 Å². The molecule has 0 saturated heterocycles. The minimum Gasteiger partial charge on any atom is -0.484 e. The molecule has 0 N–H and O–H groups in total. The van der Waals surface area contributed by atoms with Crippen molar-refractivity contribution >= 4 is 0 Å². The van der Waals surface area contributed by atoms with Gasteiger partial charge in [-0.05, 0) is 26.0 Å². The molecule has 0 radical (unpaired) electrons. The highest BCUT2D eigenvalue weighted by Crippen LogP contribution is 2.16. The van der Waals surface area contributed by atoms with E-state index in [2.05, 4.69) is 11.3 Å². The Morgan fingerprint density at radius 1 is 1.29 bits per heavy atom. The summed E-state index contributed by atoms with van der Waals surface area (Å²) in [6.07, 6.45) is 0.0414. The maximum absolute atomic E-state index is 11.7. The van der Waals surface area contributed by atoms with Crippen LogP contribution in [0.4, 0.5) is 13.2 Å². The van der Waals surface area contributed by atoms with Crippen molar-refractivity contribution in [1.82, 2.24) is 0 Å². The van der Waals surface area contributed by atoms with Gasteiger partial charge in [-0.25, -0.2) is 0 Å². The van der Waals surface area contributed by atoms with Crippen LogP contribution < -0.4 is 0 Å². The Bertz CT molecular complexity index is 245. The predicted molar refractivity (Wildman–Crippen MR) is 49.7 cm³/mol. The monoisotopic (exact) mass is 206 g/mol. The van der Waals surface area contributed by atoms with E-state index >= 15 is 0 Å². The number of alkyl halides is 3. The topological polar surface area (TPSA) is 9.23 Å². The first-order chi connectivity index (χ1) is 6.35. The van der Waals surface area contributed by atoms with E-state index in [4.69, 9.17) is 0 Å². The van der Waals surface area contributed by atoms with E-state index in [0.717, 1.165) is 5.57 Å². The first-order valence-electron chi connectivity index (χ1n) is 4.02. The lowest BCUT2D eigenvalue weighted by Crippen LogP contribution is -2.16. The van der Waals surface area contributed by atoms with E-state index in [1.165, 1.54) is 12.2 Å². The third-order valence-corrected chi connectivity index (χ3v) is 1.18. The highest BCUT2D eigenvalue weighted by molar-refractivity contribution is 5.18. The van der Waals surface area contributed by atoms with E-state index in [1.54, 1.807) is 6.08 Å². The second-order valence-electron chi connectivity index (χ2n) is 2.92. The third-order valence-electron chi connectivity index (χ3n) is 1.18. The minimum atomic E-state index is -4.31. The van der Waals surface area contributed by atoms with E-state index in [-0.39, 0.29) is 5.76 Å². The summed E-state index contributed by atoms with van der Waals surface area (Å²) in [5.74, 6) is 0.114. The van der Waals surface area contributed by atoms with Gasteiger partial charge >= 0.3 is 6.18 Å². The number of ether oxygens (including phenoxy) is 1. The van der Waals surface area contributed by atoms with Crippen LogP contribution in [0.1, 0.15) is 13.8 Å². The van der Waals surface area contributed by atoms with Crippen molar-refractivity contribution in [3.8, 4) is 0 Å². The smallest absolute Gasteiger partial charge is 0.422 e. The molecule has 14 heavy (non-hydrogen) atoms. The van der Waals surface area contributed by atoms with Crippen LogP contribution in [0.2, 0.25) is 0 Å². The molecule has 0 fully saturated rings. The highest BCUT2D eigenvalue weighted by Gasteiger charge is 2.28. The van der Waals surface area contributed by atoms with E-state index in [1.807, 2.05) is 13.8 Å². The summed E-state index contributed by atoms with van der Waals surface area (Å²) < 4.78 is 39.7. The SMILES string of the molecule is C=C/C(=C\C=C(C)C)OCC(F)(F)F. The number of allylic oxidation sites excluding steroid dienone is 4. The quantitative estimate of drug-likeness (QED) is 0.504. The molecule has 0 aromatic carbocycles. The van der Waals surface area contributed by atoms with Crippen LogP contribution in [0.15, 0.2) is 36.1 Å². The van der Waals surface area contributed by atoms with Gasteiger partial charge in [-0.15, -0.1) is 0 Å². The Hall–Kier alpha value is -1.19. The first-order valence-corrected chi connectivity index (χ1v) is 4.02. The summed E-state index contributed by atoms with van der Waals surface area (Å²) >= 11 is 0. The average molecular weight is 206 g/mol. The summed E-state index contributed by atoms with van der Waals surface area (Å²) in [4.78, 5) is 0. The highest BCUT2D eigenvalue weighted by atomic mass is 19.4. The molecule has 80 valence electrons. The van der Waals surface area contributed by atoms with E-state index < -0.39 is 12.8 Å². The maximum atomic E-state index is 11.7. The fraction of sp³-hybridized carbons (Fsp3) is 0.400. The molecule has 0 bridgehead atoms. The van der Waals surface area contributed by atoms with E-state index in [0.29, 0.717) is 0 Å². The Kier molecular flexibility index (Phi) is 5.05. The minimum absolute atomic E-state index is 0.114. The van der Waals surface area contributed by atoms with Crippen molar-refractivity contribution in [3.63, 3.8) is 0 Å². The number of rotatable bonds is 4. The zero-order chi connectivity index (χ0) is 11.2. The molecule has 0 aromatic heterocycles. The van der Waals surface area contributed by atoms with Crippen LogP contribution in [0.5, 0.6) is 0 Å². The van der Waals surface area contributed by atoms with Gasteiger partial charge in [-0.3, -0.25) is 0 Å². The van der Waals surface area contributed by atoms with Gasteiger partial charge in [0.05, 0.1) is 0 Å². The molecule has 1 nitrogen and oxygen atoms in total. The van der Waals surface area contributed by atoms with Gasteiger partial charge in [0, 0.05) is 0 Å². The normalized spacial score (nSPS) is 12.2. The van der Waals surface area contributed by atoms with Crippen molar-refractivity contribution in [1.29, 1.82) is 0 Å². The lowest BCUT2D eigenvalue weighted by atomic mass is 10.3. The Morgan fingerprint density at radius 3 is 2.21 bits per heavy atom. The summed E-state index contributed by atoms with van der Waals surface area (Å²) in [6.45, 7) is 5.73. The first kappa shape index (κ1) is 12.8. The predicted octanol–water partition coefficient (Wildman–Crippen LogP) is 3.60. The fourth-order valence-electron chi connectivity index (χ4n) is 0.589. The van der Waals surface area contributed by atoms with Crippen molar-refractivity contribution < 1.29 is 17.9 Å².